The first-order chi connectivity index (χ1) is 10.0. The van der Waals surface area contributed by atoms with E-state index in [0.29, 0.717) is 12.5 Å². The standard InChI is InChI=1S/C16H30N2O3/c1-3-4-5-6-9-17-16(21)18-10-7-8-14(12-18)13(2)11-15(19)20/h13-14H,3-12H2,1-2H3,(H,17,21)(H,19,20). The molecule has 122 valence electrons. The topological polar surface area (TPSA) is 69.6 Å². The number of hydrogen-bond donors (Lipinski definition) is 2. The van der Waals surface area contributed by atoms with E-state index in [1.54, 1.807) is 0 Å². The summed E-state index contributed by atoms with van der Waals surface area (Å²) in [6, 6.07) is 0.0127. The highest BCUT2D eigenvalue weighted by Gasteiger charge is 2.28. The van der Waals surface area contributed by atoms with Gasteiger partial charge in [0.1, 0.15) is 0 Å². The molecule has 0 radical (unpaired) electrons. The number of carbonyl (C=O) groups excluding carboxylic acids is 1. The van der Waals surface area contributed by atoms with Crippen LogP contribution in [0.2, 0.25) is 0 Å². The van der Waals surface area contributed by atoms with Crippen molar-refractivity contribution in [2.75, 3.05) is 19.6 Å². The summed E-state index contributed by atoms with van der Waals surface area (Å²) in [5.41, 5.74) is 0. The van der Waals surface area contributed by atoms with Crippen LogP contribution < -0.4 is 5.32 Å². The summed E-state index contributed by atoms with van der Waals surface area (Å²) < 4.78 is 0. The Morgan fingerprint density at radius 2 is 2.10 bits per heavy atom. The van der Waals surface area contributed by atoms with E-state index in [2.05, 4.69) is 12.2 Å². The first-order valence-corrected chi connectivity index (χ1v) is 8.29. The molecule has 0 aromatic heterocycles. The summed E-state index contributed by atoms with van der Waals surface area (Å²) >= 11 is 0. The van der Waals surface area contributed by atoms with Crippen molar-refractivity contribution in [1.82, 2.24) is 10.2 Å². The summed E-state index contributed by atoms with van der Waals surface area (Å²) in [7, 11) is 0. The van der Waals surface area contributed by atoms with Crippen LogP contribution in [-0.4, -0.2) is 41.6 Å². The van der Waals surface area contributed by atoms with Crippen LogP contribution in [0.1, 0.15) is 58.8 Å². The fourth-order valence-corrected chi connectivity index (χ4v) is 2.96. The molecule has 2 amide bonds. The van der Waals surface area contributed by atoms with Crippen LogP contribution in [0.4, 0.5) is 4.79 Å². The van der Waals surface area contributed by atoms with Gasteiger partial charge in [-0.2, -0.15) is 0 Å². The quantitative estimate of drug-likeness (QED) is 0.676. The summed E-state index contributed by atoms with van der Waals surface area (Å²) in [6.45, 7) is 6.37. The van der Waals surface area contributed by atoms with E-state index >= 15 is 0 Å². The molecule has 1 saturated heterocycles. The Balaban J connectivity index is 2.30. The molecule has 0 saturated carbocycles. The van der Waals surface area contributed by atoms with Crippen molar-refractivity contribution in [2.45, 2.75) is 58.8 Å². The molecule has 0 aliphatic carbocycles. The monoisotopic (exact) mass is 298 g/mol. The van der Waals surface area contributed by atoms with Crippen LogP contribution in [0.25, 0.3) is 0 Å². The van der Waals surface area contributed by atoms with Crippen molar-refractivity contribution >= 4 is 12.0 Å². The average molecular weight is 298 g/mol. The highest BCUT2D eigenvalue weighted by atomic mass is 16.4. The molecule has 2 unspecified atom stereocenters. The number of unbranched alkanes of at least 4 members (excludes halogenated alkanes) is 3. The lowest BCUT2D eigenvalue weighted by Crippen LogP contribution is -2.47. The first kappa shape index (κ1) is 17.8. The van der Waals surface area contributed by atoms with Crippen LogP contribution in [0.15, 0.2) is 0 Å². The second kappa shape index (κ2) is 9.64. The fourth-order valence-electron chi connectivity index (χ4n) is 2.96. The average Bonchev–Trinajstić information content (AvgIpc) is 2.46. The van der Waals surface area contributed by atoms with Crippen LogP contribution in [-0.2, 0) is 4.79 Å². The van der Waals surface area contributed by atoms with Gasteiger partial charge in [-0.05, 0) is 31.1 Å². The third-order valence-corrected chi connectivity index (χ3v) is 4.35. The van der Waals surface area contributed by atoms with Gasteiger partial charge >= 0.3 is 12.0 Å². The number of carboxylic acid groups (broad SMARTS) is 1. The minimum Gasteiger partial charge on any atom is -0.481 e. The maximum absolute atomic E-state index is 12.1. The van der Waals surface area contributed by atoms with Crippen LogP contribution >= 0.6 is 0 Å². The van der Waals surface area contributed by atoms with Crippen molar-refractivity contribution in [3.63, 3.8) is 0 Å². The Bertz CT molecular complexity index is 333. The van der Waals surface area contributed by atoms with Crippen molar-refractivity contribution < 1.29 is 14.7 Å². The number of rotatable bonds is 8. The lowest BCUT2D eigenvalue weighted by Gasteiger charge is -2.35. The van der Waals surface area contributed by atoms with Gasteiger partial charge < -0.3 is 15.3 Å². The second-order valence-corrected chi connectivity index (χ2v) is 6.22. The highest BCUT2D eigenvalue weighted by Crippen LogP contribution is 2.26. The molecule has 2 atom stereocenters. The lowest BCUT2D eigenvalue weighted by molar-refractivity contribution is -0.138. The lowest BCUT2D eigenvalue weighted by atomic mass is 9.85. The maximum Gasteiger partial charge on any atom is 0.317 e. The number of urea groups is 1. The normalized spacial score (nSPS) is 20.1. The van der Waals surface area contributed by atoms with Gasteiger partial charge in [-0.3, -0.25) is 4.79 Å². The van der Waals surface area contributed by atoms with Crippen molar-refractivity contribution in [2.24, 2.45) is 11.8 Å². The van der Waals surface area contributed by atoms with E-state index in [1.807, 2.05) is 11.8 Å². The van der Waals surface area contributed by atoms with E-state index in [-0.39, 0.29) is 18.4 Å². The Morgan fingerprint density at radius 1 is 1.33 bits per heavy atom. The van der Waals surface area contributed by atoms with Crippen molar-refractivity contribution in [1.29, 1.82) is 0 Å². The Labute approximate surface area is 128 Å². The van der Waals surface area contributed by atoms with E-state index in [9.17, 15) is 9.59 Å². The molecular weight excluding hydrogens is 268 g/mol. The molecular formula is C16H30N2O3. The Morgan fingerprint density at radius 3 is 2.76 bits per heavy atom. The second-order valence-electron chi connectivity index (χ2n) is 6.22. The minimum absolute atomic E-state index is 0.0127. The van der Waals surface area contributed by atoms with Crippen LogP contribution in [0.5, 0.6) is 0 Å². The molecule has 1 fully saturated rings. The first-order valence-electron chi connectivity index (χ1n) is 8.29. The third kappa shape index (κ3) is 6.82. The van der Waals surface area contributed by atoms with Gasteiger partial charge in [0.25, 0.3) is 0 Å². The zero-order valence-electron chi connectivity index (χ0n) is 13.4. The fraction of sp³-hybridized carbons (Fsp3) is 0.875. The molecule has 0 aromatic carbocycles. The number of nitrogens with zero attached hydrogens (tertiary/aromatic N) is 1. The molecule has 2 N–H and O–H groups in total. The molecule has 1 aliphatic heterocycles. The predicted octanol–water partition coefficient (Wildman–Crippen LogP) is 3.10. The van der Waals surface area contributed by atoms with E-state index in [0.717, 1.165) is 38.8 Å². The number of piperidine rings is 1. The van der Waals surface area contributed by atoms with E-state index in [4.69, 9.17) is 5.11 Å². The highest BCUT2D eigenvalue weighted by molar-refractivity contribution is 5.74. The van der Waals surface area contributed by atoms with Crippen molar-refractivity contribution in [3.8, 4) is 0 Å². The zero-order chi connectivity index (χ0) is 15.7. The Kier molecular flexibility index (Phi) is 8.16. The largest absolute Gasteiger partial charge is 0.481 e. The van der Waals surface area contributed by atoms with Gasteiger partial charge in [-0.15, -0.1) is 0 Å². The maximum atomic E-state index is 12.1. The third-order valence-electron chi connectivity index (χ3n) is 4.35. The number of carboxylic acids is 1. The number of likely N-dealkylation sites (tertiary alicyclic amines) is 1. The molecule has 0 bridgehead atoms. The van der Waals surface area contributed by atoms with Gasteiger partial charge in [0.05, 0.1) is 0 Å². The van der Waals surface area contributed by atoms with E-state index in [1.165, 1.54) is 12.8 Å². The van der Waals surface area contributed by atoms with Gasteiger partial charge in [0.15, 0.2) is 0 Å². The van der Waals surface area contributed by atoms with Gasteiger partial charge in [0, 0.05) is 26.1 Å². The van der Waals surface area contributed by atoms with E-state index < -0.39 is 5.97 Å². The smallest absolute Gasteiger partial charge is 0.317 e. The molecule has 0 spiro atoms. The van der Waals surface area contributed by atoms with Gasteiger partial charge in [-0.1, -0.05) is 33.1 Å². The molecule has 5 heteroatoms. The van der Waals surface area contributed by atoms with Crippen LogP contribution in [0, 0.1) is 11.8 Å². The van der Waals surface area contributed by atoms with Gasteiger partial charge in [0.2, 0.25) is 0 Å². The molecule has 1 aliphatic rings. The number of hydrogen-bond acceptors (Lipinski definition) is 2. The van der Waals surface area contributed by atoms with Gasteiger partial charge in [-0.25, -0.2) is 4.79 Å². The molecule has 1 heterocycles. The molecule has 0 aromatic rings. The van der Waals surface area contributed by atoms with Crippen molar-refractivity contribution in [3.05, 3.63) is 0 Å². The molecule has 5 nitrogen and oxygen atoms in total. The number of nitrogens with one attached hydrogen (secondary N) is 1. The number of aliphatic carboxylic acids is 1. The Hall–Kier alpha value is -1.26. The minimum atomic E-state index is -0.750. The summed E-state index contributed by atoms with van der Waals surface area (Å²) in [6.07, 6.45) is 6.79. The summed E-state index contributed by atoms with van der Waals surface area (Å²) in [5.74, 6) is -0.316. The predicted molar refractivity (Wildman–Crippen MR) is 83.3 cm³/mol. The SMILES string of the molecule is CCCCCCNC(=O)N1CCCC(C(C)CC(=O)O)C1. The summed E-state index contributed by atoms with van der Waals surface area (Å²) in [5, 5.41) is 11.9. The summed E-state index contributed by atoms with van der Waals surface area (Å²) in [4.78, 5) is 24.8. The zero-order valence-corrected chi connectivity index (χ0v) is 13.4. The molecule has 21 heavy (non-hydrogen) atoms. The number of amides is 2. The number of carbonyl (C=O) groups is 2. The molecule has 1 rings (SSSR count). The van der Waals surface area contributed by atoms with Crippen LogP contribution in [0.3, 0.4) is 0 Å².